The summed E-state index contributed by atoms with van der Waals surface area (Å²) in [6.45, 7) is 1.98. The third kappa shape index (κ3) is 2.85. The molecular weight excluding hydrogens is 477 g/mol. The van der Waals surface area contributed by atoms with Crippen LogP contribution < -0.4 is 4.74 Å². The van der Waals surface area contributed by atoms with Crippen molar-refractivity contribution in [1.82, 2.24) is 18.9 Å². The molecule has 134 valence electrons. The van der Waals surface area contributed by atoms with Crippen LogP contribution in [0.2, 0.25) is 0 Å². The number of aromatic nitrogens is 4. The molecule has 3 aromatic heterocycles. The highest BCUT2D eigenvalue weighted by molar-refractivity contribution is 14.2. The van der Waals surface area contributed by atoms with Crippen LogP contribution in [0.3, 0.4) is 0 Å². The number of halogens is 1. The first-order chi connectivity index (χ1) is 13.1. The monoisotopic (exact) mass is 489 g/mol. The Morgan fingerprint density at radius 3 is 2.96 bits per heavy atom. The van der Waals surface area contributed by atoms with Crippen molar-refractivity contribution in [1.29, 1.82) is 5.26 Å². The summed E-state index contributed by atoms with van der Waals surface area (Å²) in [6.07, 6.45) is 3.35. The number of aromatic amines is 1. The molecule has 0 aliphatic heterocycles. The number of ether oxygens (including phenoxy) is 1. The lowest BCUT2D eigenvalue weighted by molar-refractivity contribution is 0.102. The molecule has 0 radical (unpaired) electrons. The molecule has 0 saturated heterocycles. The minimum absolute atomic E-state index is 0.158. The fourth-order valence-electron chi connectivity index (χ4n) is 3.11. The predicted octanol–water partition coefficient (Wildman–Crippen LogP) is 4.18. The number of nitrogens with zero attached hydrogens (tertiary/aromatic N) is 4. The van der Waals surface area contributed by atoms with Gasteiger partial charge in [0.1, 0.15) is 11.8 Å². The number of H-pyrrole nitrogens is 1. The molecule has 0 amide bonds. The SMILES string of the molecule is COc1cc(C)c2c(ccn2SI)c1C(=O)c1nc2ncc(C#N)cc2[nH]1. The van der Waals surface area contributed by atoms with Crippen LogP contribution in [-0.4, -0.2) is 31.8 Å². The van der Waals surface area contributed by atoms with Crippen molar-refractivity contribution in [2.75, 3.05) is 7.11 Å². The number of methoxy groups -OCH3 is 1. The molecule has 0 aliphatic carbocycles. The minimum atomic E-state index is -0.287. The van der Waals surface area contributed by atoms with Gasteiger partial charge in [-0.25, -0.2) is 9.97 Å². The standard InChI is InChI=1S/C18H12IN5O2S/c1-9-5-13(26-2)14(11-3-4-24(27-19)15(9)11)16(25)18-22-12-6-10(7-20)8-21-17(12)23-18/h3-6,8H,1-2H3,(H,21,22,23). The maximum Gasteiger partial charge on any atom is 0.232 e. The summed E-state index contributed by atoms with van der Waals surface area (Å²) in [4.78, 5) is 24.7. The molecule has 27 heavy (non-hydrogen) atoms. The maximum absolute atomic E-state index is 13.3. The van der Waals surface area contributed by atoms with Gasteiger partial charge in [-0.15, -0.1) is 0 Å². The van der Waals surface area contributed by atoms with Crippen molar-refractivity contribution in [2.45, 2.75) is 6.92 Å². The molecule has 0 atom stereocenters. The average Bonchev–Trinajstić information content (AvgIpc) is 3.30. The van der Waals surface area contributed by atoms with E-state index in [1.807, 2.05) is 35.3 Å². The van der Waals surface area contributed by atoms with Crippen LogP contribution in [0.15, 0.2) is 30.6 Å². The van der Waals surface area contributed by atoms with Gasteiger partial charge in [0.05, 0.1) is 29.3 Å². The highest BCUT2D eigenvalue weighted by atomic mass is 127. The molecule has 0 saturated carbocycles. The van der Waals surface area contributed by atoms with Gasteiger partial charge in [-0.3, -0.25) is 8.77 Å². The Morgan fingerprint density at radius 2 is 2.26 bits per heavy atom. The number of fused-ring (bicyclic) bond motifs is 2. The molecular formula is C18H12IN5O2S. The molecule has 9 heteroatoms. The molecule has 0 unspecified atom stereocenters. The zero-order chi connectivity index (χ0) is 19.1. The summed E-state index contributed by atoms with van der Waals surface area (Å²) in [5.74, 6) is 0.364. The van der Waals surface area contributed by atoms with Gasteiger partial charge >= 0.3 is 0 Å². The van der Waals surface area contributed by atoms with E-state index in [1.54, 1.807) is 13.2 Å². The Bertz CT molecular complexity index is 1250. The largest absolute Gasteiger partial charge is 0.496 e. The fourth-order valence-corrected chi connectivity index (χ4v) is 4.52. The van der Waals surface area contributed by atoms with E-state index in [2.05, 4.69) is 36.2 Å². The Hall–Kier alpha value is -2.58. The molecule has 4 rings (SSSR count). The van der Waals surface area contributed by atoms with E-state index >= 15 is 0 Å². The number of nitriles is 1. The lowest BCUT2D eigenvalue weighted by Gasteiger charge is -2.11. The van der Waals surface area contributed by atoms with E-state index in [0.717, 1.165) is 16.5 Å². The number of pyridine rings is 1. The zero-order valence-electron chi connectivity index (χ0n) is 14.3. The Morgan fingerprint density at radius 1 is 1.44 bits per heavy atom. The zero-order valence-corrected chi connectivity index (χ0v) is 17.3. The van der Waals surface area contributed by atoms with E-state index in [-0.39, 0.29) is 11.6 Å². The van der Waals surface area contributed by atoms with Crippen molar-refractivity contribution in [3.63, 3.8) is 0 Å². The number of carbonyl (C=O) groups excluding carboxylic acids is 1. The molecule has 0 spiro atoms. The number of benzene rings is 1. The van der Waals surface area contributed by atoms with Crippen LogP contribution in [-0.2, 0) is 0 Å². The number of hydrogen-bond donors (Lipinski definition) is 1. The summed E-state index contributed by atoms with van der Waals surface area (Å²) in [5, 5.41) is 9.82. The second-order valence-corrected chi connectivity index (χ2v) is 7.58. The van der Waals surface area contributed by atoms with Crippen LogP contribution in [0.25, 0.3) is 22.1 Å². The normalized spacial score (nSPS) is 11.0. The van der Waals surface area contributed by atoms with Crippen molar-refractivity contribution in [2.24, 2.45) is 0 Å². The summed E-state index contributed by atoms with van der Waals surface area (Å²) >= 11 is 2.20. The minimum Gasteiger partial charge on any atom is -0.496 e. The Kier molecular flexibility index (Phi) is 4.53. The first-order valence-electron chi connectivity index (χ1n) is 7.85. The van der Waals surface area contributed by atoms with E-state index in [9.17, 15) is 4.79 Å². The second kappa shape index (κ2) is 6.86. The maximum atomic E-state index is 13.3. The third-order valence-corrected chi connectivity index (χ3v) is 6.02. The topological polar surface area (TPSA) is 96.6 Å². The fraction of sp³-hybridized carbons (Fsp3) is 0.111. The number of nitrogens with one attached hydrogen (secondary N) is 1. The first kappa shape index (κ1) is 17.8. The molecule has 1 N–H and O–H groups in total. The van der Waals surface area contributed by atoms with Gasteiger partial charge in [0, 0.05) is 48.1 Å². The summed E-state index contributed by atoms with van der Waals surface area (Å²) < 4.78 is 7.49. The van der Waals surface area contributed by atoms with Gasteiger partial charge in [-0.2, -0.15) is 5.26 Å². The van der Waals surface area contributed by atoms with Crippen molar-refractivity contribution < 1.29 is 9.53 Å². The number of imidazole rings is 1. The first-order valence-corrected chi connectivity index (χ1v) is 11.2. The predicted molar refractivity (Wildman–Crippen MR) is 112 cm³/mol. The smallest absolute Gasteiger partial charge is 0.232 e. The Balaban J connectivity index is 1.93. The van der Waals surface area contributed by atoms with Crippen molar-refractivity contribution in [3.8, 4) is 11.8 Å². The lowest BCUT2D eigenvalue weighted by atomic mass is 10.0. The molecule has 7 nitrogen and oxygen atoms in total. The molecule has 0 aliphatic rings. The average molecular weight is 489 g/mol. The lowest BCUT2D eigenvalue weighted by Crippen LogP contribution is -2.07. The van der Waals surface area contributed by atoms with Gasteiger partial charge in [-0.1, -0.05) is 0 Å². The molecule has 4 aromatic rings. The van der Waals surface area contributed by atoms with Gasteiger partial charge in [0.15, 0.2) is 11.5 Å². The van der Waals surface area contributed by atoms with Gasteiger partial charge in [-0.05, 0) is 30.7 Å². The number of carbonyl (C=O) groups is 1. The molecule has 1 aromatic carbocycles. The van der Waals surface area contributed by atoms with E-state index < -0.39 is 0 Å². The summed E-state index contributed by atoms with van der Waals surface area (Å²) in [5.41, 5.74) is 3.75. The molecule has 0 fully saturated rings. The van der Waals surface area contributed by atoms with Gasteiger partial charge < -0.3 is 9.72 Å². The highest BCUT2D eigenvalue weighted by Gasteiger charge is 2.24. The quantitative estimate of drug-likeness (QED) is 0.342. The summed E-state index contributed by atoms with van der Waals surface area (Å²) in [6, 6.07) is 7.40. The van der Waals surface area contributed by atoms with Crippen molar-refractivity contribution >= 4 is 58.2 Å². The number of hydrogen-bond acceptors (Lipinski definition) is 6. The third-order valence-electron chi connectivity index (χ3n) is 4.29. The highest BCUT2D eigenvalue weighted by Crippen LogP contribution is 2.36. The van der Waals surface area contributed by atoms with Crippen LogP contribution >= 0.6 is 30.3 Å². The van der Waals surface area contributed by atoms with Crippen LogP contribution in [0, 0.1) is 18.3 Å². The number of ketones is 1. The van der Waals surface area contributed by atoms with Gasteiger partial charge in [0.25, 0.3) is 0 Å². The summed E-state index contributed by atoms with van der Waals surface area (Å²) in [7, 11) is 3.07. The van der Waals surface area contributed by atoms with Crippen LogP contribution in [0.4, 0.5) is 0 Å². The van der Waals surface area contributed by atoms with Gasteiger partial charge in [0.2, 0.25) is 5.78 Å². The Labute approximate surface area is 170 Å². The molecule has 0 bridgehead atoms. The van der Waals surface area contributed by atoms with Crippen LogP contribution in [0.1, 0.15) is 27.3 Å². The number of aryl methyl sites for hydroxylation is 1. The second-order valence-electron chi connectivity index (χ2n) is 5.87. The van der Waals surface area contributed by atoms with E-state index in [1.165, 1.54) is 15.3 Å². The van der Waals surface area contributed by atoms with E-state index in [0.29, 0.717) is 28.0 Å². The van der Waals surface area contributed by atoms with Crippen LogP contribution in [0.5, 0.6) is 5.75 Å². The molecule has 3 heterocycles. The number of rotatable bonds is 4. The van der Waals surface area contributed by atoms with Crippen molar-refractivity contribution in [3.05, 3.63) is 53.1 Å². The van der Waals surface area contributed by atoms with E-state index in [4.69, 9.17) is 10.00 Å².